The predicted molar refractivity (Wildman–Crippen MR) is 124 cm³/mol. The number of hydrogen-bond acceptors (Lipinski definition) is 9. The molecule has 1 saturated heterocycles. The molecule has 1 fully saturated rings. The lowest BCUT2D eigenvalue weighted by Gasteiger charge is -2.54. The number of carbonyl (C=O) groups is 4. The van der Waals surface area contributed by atoms with Crippen LogP contribution < -0.4 is 0 Å². The van der Waals surface area contributed by atoms with E-state index in [1.807, 2.05) is 6.92 Å². The van der Waals surface area contributed by atoms with Gasteiger partial charge in [0.1, 0.15) is 17.8 Å². The van der Waals surface area contributed by atoms with Crippen molar-refractivity contribution in [3.05, 3.63) is 23.8 Å². The lowest BCUT2D eigenvalue weighted by molar-refractivity contribution is -0.224. The minimum absolute atomic E-state index is 0.184. The molecule has 1 aliphatic heterocycles. The summed E-state index contributed by atoms with van der Waals surface area (Å²) in [6.45, 7) is 9.25. The molecule has 2 aliphatic carbocycles. The maximum Gasteiger partial charge on any atom is 0.312 e. The topological polar surface area (TPSA) is 136 Å². The Labute approximate surface area is 205 Å². The van der Waals surface area contributed by atoms with E-state index in [2.05, 4.69) is 0 Å². The molecule has 0 bridgehead atoms. The SMILES string of the molecule is CCCC(=O)O[C@@H]1CC/C(C)=C\[C@@H]2OC(=O)[C@H](C)[C@@]2(O)[C@H](OC(C)=O)[C@@H]2[C@]1(C)C=CC(=O)[C@@]2(C)O. The molecule has 9 nitrogen and oxygen atoms in total. The van der Waals surface area contributed by atoms with Crippen molar-refractivity contribution in [2.75, 3.05) is 0 Å². The van der Waals surface area contributed by atoms with Gasteiger partial charge < -0.3 is 24.4 Å². The van der Waals surface area contributed by atoms with E-state index in [0.29, 0.717) is 19.3 Å². The van der Waals surface area contributed by atoms with Crippen molar-refractivity contribution >= 4 is 23.7 Å². The normalized spacial score (nSPS) is 42.7. The number of carbonyl (C=O) groups excluding carboxylic acids is 4. The highest BCUT2D eigenvalue weighted by Crippen LogP contribution is 2.54. The molecule has 194 valence electrons. The zero-order valence-corrected chi connectivity index (χ0v) is 21.2. The van der Waals surface area contributed by atoms with Crippen LogP contribution in [0.15, 0.2) is 23.8 Å². The number of allylic oxidation sites excluding steroid dienone is 1. The molecule has 0 radical (unpaired) electrons. The van der Waals surface area contributed by atoms with Crippen LogP contribution in [0.3, 0.4) is 0 Å². The van der Waals surface area contributed by atoms with Gasteiger partial charge >= 0.3 is 17.9 Å². The Morgan fingerprint density at radius 3 is 2.46 bits per heavy atom. The molecule has 3 rings (SSSR count). The van der Waals surface area contributed by atoms with Gasteiger partial charge in [-0.1, -0.05) is 25.5 Å². The second kappa shape index (κ2) is 9.50. The maximum absolute atomic E-state index is 12.9. The van der Waals surface area contributed by atoms with Gasteiger partial charge in [0.05, 0.1) is 5.92 Å². The van der Waals surface area contributed by atoms with Crippen molar-refractivity contribution < 1.29 is 43.6 Å². The van der Waals surface area contributed by atoms with Crippen molar-refractivity contribution in [2.45, 2.75) is 96.7 Å². The van der Waals surface area contributed by atoms with Crippen LogP contribution >= 0.6 is 0 Å². The lowest BCUT2D eigenvalue weighted by Crippen LogP contribution is -2.68. The molecular formula is C26H36O9. The zero-order valence-electron chi connectivity index (χ0n) is 21.2. The highest BCUT2D eigenvalue weighted by Gasteiger charge is 2.69. The average Bonchev–Trinajstić information content (AvgIpc) is 2.97. The predicted octanol–water partition coefficient (Wildman–Crippen LogP) is 2.18. The van der Waals surface area contributed by atoms with Crippen LogP contribution in [0.4, 0.5) is 0 Å². The van der Waals surface area contributed by atoms with Gasteiger partial charge in [-0.15, -0.1) is 0 Å². The molecule has 35 heavy (non-hydrogen) atoms. The summed E-state index contributed by atoms with van der Waals surface area (Å²) in [7, 11) is 0. The number of hydrogen-bond donors (Lipinski definition) is 2. The van der Waals surface area contributed by atoms with E-state index >= 15 is 0 Å². The summed E-state index contributed by atoms with van der Waals surface area (Å²) in [6, 6.07) is 0. The first-order valence-corrected chi connectivity index (χ1v) is 12.1. The largest absolute Gasteiger partial charge is 0.461 e. The zero-order chi connectivity index (χ0) is 26.3. The fourth-order valence-corrected chi connectivity index (χ4v) is 5.77. The number of fused-ring (bicyclic) bond motifs is 2. The van der Waals surface area contributed by atoms with Crippen LogP contribution in [-0.4, -0.2) is 63.4 Å². The third-order valence-corrected chi connectivity index (χ3v) is 7.82. The summed E-state index contributed by atoms with van der Waals surface area (Å²) in [5.74, 6) is -4.96. The van der Waals surface area contributed by atoms with E-state index in [1.54, 1.807) is 26.0 Å². The van der Waals surface area contributed by atoms with Crippen LogP contribution in [0.25, 0.3) is 0 Å². The van der Waals surface area contributed by atoms with Gasteiger partial charge in [0.25, 0.3) is 0 Å². The molecular weight excluding hydrogens is 456 g/mol. The molecule has 0 saturated carbocycles. The second-order valence-corrected chi connectivity index (χ2v) is 10.5. The Hall–Kier alpha value is -2.52. The number of esters is 3. The van der Waals surface area contributed by atoms with Crippen LogP contribution in [0.2, 0.25) is 0 Å². The Morgan fingerprint density at radius 1 is 1.20 bits per heavy atom. The standard InChI is InChI=1S/C26H36O9/c1-7-8-20(29)34-18-10-9-14(2)13-19-26(32,15(3)23(30)35-19)22(33-16(4)27)21-24(18,5)12-11-17(28)25(21,6)31/h11-13,15,18-19,21-22,31-32H,7-10H2,1-6H3/b14-13-/t15-,18+,19-,21+,22+,24+,25+,26-/m0/s1. The number of ether oxygens (including phenoxy) is 3. The molecule has 2 N–H and O–H groups in total. The van der Waals surface area contributed by atoms with Gasteiger partial charge in [-0.3, -0.25) is 19.2 Å². The molecule has 0 aromatic rings. The van der Waals surface area contributed by atoms with Crippen LogP contribution in [-0.2, 0) is 33.4 Å². The van der Waals surface area contributed by atoms with Crippen molar-refractivity contribution in [3.8, 4) is 0 Å². The highest BCUT2D eigenvalue weighted by molar-refractivity contribution is 5.98. The summed E-state index contributed by atoms with van der Waals surface area (Å²) in [5, 5.41) is 23.7. The van der Waals surface area contributed by atoms with Crippen molar-refractivity contribution in [3.63, 3.8) is 0 Å². The first-order chi connectivity index (χ1) is 16.2. The van der Waals surface area contributed by atoms with Gasteiger partial charge in [-0.25, -0.2) is 0 Å². The Bertz CT molecular complexity index is 964. The third kappa shape index (κ3) is 4.56. The number of ketones is 1. The summed E-state index contributed by atoms with van der Waals surface area (Å²) >= 11 is 0. The maximum atomic E-state index is 12.9. The molecule has 8 atom stereocenters. The Kier molecular flexibility index (Phi) is 7.35. The smallest absolute Gasteiger partial charge is 0.312 e. The summed E-state index contributed by atoms with van der Waals surface area (Å²) in [4.78, 5) is 50.5. The van der Waals surface area contributed by atoms with Gasteiger partial charge in [-0.2, -0.15) is 0 Å². The quantitative estimate of drug-likeness (QED) is 0.344. The van der Waals surface area contributed by atoms with Gasteiger partial charge in [0, 0.05) is 24.7 Å². The average molecular weight is 493 g/mol. The Balaban J connectivity index is 2.31. The van der Waals surface area contributed by atoms with Crippen LogP contribution in [0, 0.1) is 17.3 Å². The second-order valence-electron chi connectivity index (χ2n) is 10.5. The molecule has 3 aliphatic rings. The van der Waals surface area contributed by atoms with E-state index in [0.717, 1.165) is 12.5 Å². The molecule has 9 heteroatoms. The monoisotopic (exact) mass is 492 g/mol. The molecule has 0 aromatic heterocycles. The molecule has 0 amide bonds. The summed E-state index contributed by atoms with van der Waals surface area (Å²) in [5.41, 5.74) is -4.69. The first kappa shape index (κ1) is 27.1. The summed E-state index contributed by atoms with van der Waals surface area (Å²) in [6.07, 6.45) is 2.38. The van der Waals surface area contributed by atoms with E-state index in [1.165, 1.54) is 19.9 Å². The minimum atomic E-state index is -2.12. The summed E-state index contributed by atoms with van der Waals surface area (Å²) < 4.78 is 17.1. The fraction of sp³-hybridized carbons (Fsp3) is 0.692. The molecule has 0 spiro atoms. The van der Waals surface area contributed by atoms with Crippen LogP contribution in [0.1, 0.15) is 67.2 Å². The van der Waals surface area contributed by atoms with Crippen molar-refractivity contribution in [2.24, 2.45) is 17.3 Å². The van der Waals surface area contributed by atoms with Gasteiger partial charge in [-0.05, 0) is 52.2 Å². The lowest BCUT2D eigenvalue weighted by atomic mass is 9.55. The van der Waals surface area contributed by atoms with E-state index < -0.39 is 70.5 Å². The third-order valence-electron chi connectivity index (χ3n) is 7.82. The molecule has 0 aromatic carbocycles. The first-order valence-electron chi connectivity index (χ1n) is 12.1. The number of aliphatic hydroxyl groups is 2. The van der Waals surface area contributed by atoms with Crippen molar-refractivity contribution in [1.29, 1.82) is 0 Å². The number of rotatable bonds is 4. The molecule has 1 heterocycles. The highest BCUT2D eigenvalue weighted by atomic mass is 16.6. The van der Waals surface area contributed by atoms with E-state index in [9.17, 15) is 29.4 Å². The van der Waals surface area contributed by atoms with Crippen molar-refractivity contribution in [1.82, 2.24) is 0 Å². The fourth-order valence-electron chi connectivity index (χ4n) is 5.77. The van der Waals surface area contributed by atoms with Gasteiger partial charge in [0.15, 0.2) is 17.5 Å². The Morgan fingerprint density at radius 2 is 1.86 bits per heavy atom. The molecule has 0 unspecified atom stereocenters. The van der Waals surface area contributed by atoms with E-state index in [-0.39, 0.29) is 6.42 Å². The van der Waals surface area contributed by atoms with E-state index in [4.69, 9.17) is 14.2 Å². The van der Waals surface area contributed by atoms with Crippen LogP contribution in [0.5, 0.6) is 0 Å². The van der Waals surface area contributed by atoms with Gasteiger partial charge in [0.2, 0.25) is 0 Å². The minimum Gasteiger partial charge on any atom is -0.461 e.